The summed E-state index contributed by atoms with van der Waals surface area (Å²) in [6.45, 7) is 0.668. The molecule has 1 saturated heterocycles. The highest BCUT2D eigenvalue weighted by Gasteiger charge is 2.33. The highest BCUT2D eigenvalue weighted by Crippen LogP contribution is 2.36. The second-order valence-electron chi connectivity index (χ2n) is 3.81. The van der Waals surface area contributed by atoms with Gasteiger partial charge in [-0.2, -0.15) is 4.31 Å². The van der Waals surface area contributed by atoms with Crippen LogP contribution in [0.15, 0.2) is 14.1 Å². The van der Waals surface area contributed by atoms with Crippen LogP contribution < -0.4 is 5.73 Å². The van der Waals surface area contributed by atoms with Crippen molar-refractivity contribution in [3.05, 3.63) is 14.9 Å². The van der Waals surface area contributed by atoms with Crippen LogP contribution in [-0.2, 0) is 14.8 Å². The molecule has 0 amide bonds. The summed E-state index contributed by atoms with van der Waals surface area (Å²) in [5, 5.41) is 0.378. The van der Waals surface area contributed by atoms with Gasteiger partial charge in [-0.1, -0.05) is 23.8 Å². The molecule has 1 aromatic rings. The topological polar surface area (TPSA) is 72.6 Å². The summed E-state index contributed by atoms with van der Waals surface area (Å²) >= 11 is 15.0. The van der Waals surface area contributed by atoms with Crippen molar-refractivity contribution in [2.24, 2.45) is 5.73 Å². The molecule has 106 valence electrons. The number of morpholine rings is 1. The predicted molar refractivity (Wildman–Crippen MR) is 82.3 cm³/mol. The minimum atomic E-state index is -3.59. The molecule has 1 aliphatic heterocycles. The lowest BCUT2D eigenvalue weighted by molar-refractivity contribution is 0.0387. The van der Waals surface area contributed by atoms with Gasteiger partial charge in [0.15, 0.2) is 0 Å². The number of halogens is 2. The maximum absolute atomic E-state index is 12.4. The number of ether oxygens (including phenoxy) is 1. The van der Waals surface area contributed by atoms with Gasteiger partial charge < -0.3 is 10.5 Å². The first-order chi connectivity index (χ1) is 8.82. The summed E-state index contributed by atoms with van der Waals surface area (Å²) in [7, 11) is -3.59. The fraction of sp³-hybridized carbons (Fsp3) is 0.444. The standard InChI is InChI=1S/C9H10BrClN2O3S3/c10-8-5(11)3-7(18-8)19(14,15)13-1-2-16-6(4-13)9(12)17/h3,6H,1-2,4H2,(H2,12,17). The summed E-state index contributed by atoms with van der Waals surface area (Å²) in [6, 6.07) is 1.43. The molecule has 0 aliphatic carbocycles. The first-order valence-electron chi connectivity index (χ1n) is 5.18. The van der Waals surface area contributed by atoms with Crippen molar-refractivity contribution in [1.29, 1.82) is 0 Å². The second-order valence-corrected chi connectivity index (χ2v) is 9.23. The number of thiocarbonyl (C=S) groups is 1. The van der Waals surface area contributed by atoms with Gasteiger partial charge in [-0.05, 0) is 22.0 Å². The number of sulfonamides is 1. The van der Waals surface area contributed by atoms with Crippen LogP contribution in [0, 0.1) is 0 Å². The smallest absolute Gasteiger partial charge is 0.252 e. The Balaban J connectivity index is 2.26. The molecule has 2 heterocycles. The van der Waals surface area contributed by atoms with Crippen molar-refractivity contribution in [3.63, 3.8) is 0 Å². The fourth-order valence-electron chi connectivity index (χ4n) is 1.60. The Morgan fingerprint density at radius 3 is 2.89 bits per heavy atom. The monoisotopic (exact) mass is 404 g/mol. The Morgan fingerprint density at radius 1 is 1.68 bits per heavy atom. The van der Waals surface area contributed by atoms with Crippen molar-refractivity contribution < 1.29 is 13.2 Å². The van der Waals surface area contributed by atoms with Crippen LogP contribution in [0.3, 0.4) is 0 Å². The van der Waals surface area contributed by atoms with Gasteiger partial charge in [0.1, 0.15) is 15.3 Å². The third-order valence-corrected chi connectivity index (χ3v) is 7.62. The largest absolute Gasteiger partial charge is 0.391 e. The van der Waals surface area contributed by atoms with E-state index in [4.69, 9.17) is 34.3 Å². The molecule has 5 nitrogen and oxygen atoms in total. The molecule has 10 heteroatoms. The Bertz CT molecular complexity index is 584. The number of hydrogen-bond donors (Lipinski definition) is 1. The van der Waals surface area contributed by atoms with E-state index in [0.717, 1.165) is 11.3 Å². The van der Waals surface area contributed by atoms with Gasteiger partial charge in [0, 0.05) is 13.1 Å². The van der Waals surface area contributed by atoms with Gasteiger partial charge in [-0.3, -0.25) is 0 Å². The Morgan fingerprint density at radius 2 is 2.37 bits per heavy atom. The predicted octanol–water partition coefficient (Wildman–Crippen LogP) is 1.84. The zero-order valence-corrected chi connectivity index (χ0v) is 14.3. The molecule has 1 atom stereocenters. The van der Waals surface area contributed by atoms with Crippen LogP contribution in [0.2, 0.25) is 5.02 Å². The van der Waals surface area contributed by atoms with Crippen molar-refractivity contribution >= 4 is 66.1 Å². The van der Waals surface area contributed by atoms with E-state index in [-0.39, 0.29) is 28.9 Å². The van der Waals surface area contributed by atoms with Crippen LogP contribution in [0.4, 0.5) is 0 Å². The van der Waals surface area contributed by atoms with E-state index in [0.29, 0.717) is 8.81 Å². The first-order valence-corrected chi connectivity index (χ1v) is 9.02. The Kier molecular flexibility index (Phi) is 4.87. The molecule has 1 unspecified atom stereocenters. The molecular formula is C9H10BrClN2O3S3. The number of nitrogens with zero attached hydrogens (tertiary/aromatic N) is 1. The summed E-state index contributed by atoms with van der Waals surface area (Å²) in [4.78, 5) is 0.158. The lowest BCUT2D eigenvalue weighted by Gasteiger charge is -2.31. The van der Waals surface area contributed by atoms with E-state index in [1.54, 1.807) is 0 Å². The van der Waals surface area contributed by atoms with E-state index >= 15 is 0 Å². The molecule has 1 aromatic heterocycles. The van der Waals surface area contributed by atoms with E-state index in [1.807, 2.05) is 0 Å². The third kappa shape index (κ3) is 3.29. The molecule has 0 saturated carbocycles. The highest BCUT2D eigenvalue weighted by molar-refractivity contribution is 9.11. The number of hydrogen-bond acceptors (Lipinski definition) is 5. The molecule has 19 heavy (non-hydrogen) atoms. The quantitative estimate of drug-likeness (QED) is 0.777. The van der Waals surface area contributed by atoms with Crippen LogP contribution in [0.5, 0.6) is 0 Å². The number of thiophene rings is 1. The summed E-state index contributed by atoms with van der Waals surface area (Å²) in [6.07, 6.45) is -0.544. The van der Waals surface area contributed by atoms with E-state index in [1.165, 1.54) is 10.4 Å². The Hall–Kier alpha value is 0.230. The van der Waals surface area contributed by atoms with Crippen LogP contribution in [-0.4, -0.2) is 43.5 Å². The van der Waals surface area contributed by atoms with Crippen LogP contribution in [0.1, 0.15) is 0 Å². The van der Waals surface area contributed by atoms with Gasteiger partial charge in [0.2, 0.25) is 0 Å². The summed E-state index contributed by atoms with van der Waals surface area (Å²) in [5.74, 6) is 0. The number of nitrogens with two attached hydrogens (primary N) is 1. The molecule has 1 aliphatic rings. The maximum Gasteiger partial charge on any atom is 0.252 e. The van der Waals surface area contributed by atoms with Crippen LogP contribution in [0.25, 0.3) is 0 Å². The molecule has 0 bridgehead atoms. The maximum atomic E-state index is 12.4. The third-order valence-electron chi connectivity index (χ3n) is 2.56. The van der Waals surface area contributed by atoms with Gasteiger partial charge in [-0.25, -0.2) is 8.42 Å². The molecule has 0 aromatic carbocycles. The van der Waals surface area contributed by atoms with Crippen LogP contribution >= 0.6 is 51.1 Å². The Labute approximate surface area is 133 Å². The zero-order valence-electron chi connectivity index (χ0n) is 9.51. The minimum Gasteiger partial charge on any atom is -0.391 e. The molecular weight excluding hydrogens is 396 g/mol. The first kappa shape index (κ1) is 15.6. The van der Waals surface area contributed by atoms with Crippen molar-refractivity contribution in [2.75, 3.05) is 19.7 Å². The lowest BCUT2D eigenvalue weighted by atomic mass is 10.3. The SMILES string of the molecule is NC(=S)C1CN(S(=O)(=O)c2cc(Cl)c(Br)s2)CCO1. The fourth-order valence-corrected chi connectivity index (χ4v) is 5.72. The van der Waals surface area contributed by atoms with Gasteiger partial charge in [-0.15, -0.1) is 11.3 Å². The van der Waals surface area contributed by atoms with Crippen molar-refractivity contribution in [3.8, 4) is 0 Å². The molecule has 1 fully saturated rings. The second kappa shape index (κ2) is 5.92. The van der Waals surface area contributed by atoms with E-state index in [2.05, 4.69) is 15.9 Å². The molecule has 2 N–H and O–H groups in total. The summed E-state index contributed by atoms with van der Waals surface area (Å²) < 4.78 is 32.3. The van der Waals surface area contributed by atoms with E-state index in [9.17, 15) is 8.42 Å². The molecule has 0 spiro atoms. The average Bonchev–Trinajstić information content (AvgIpc) is 2.70. The average molecular weight is 406 g/mol. The van der Waals surface area contributed by atoms with Gasteiger partial charge in [0.25, 0.3) is 10.0 Å². The highest BCUT2D eigenvalue weighted by atomic mass is 79.9. The normalized spacial score (nSPS) is 21.5. The molecule has 0 radical (unpaired) electrons. The van der Waals surface area contributed by atoms with Crippen molar-refractivity contribution in [2.45, 2.75) is 10.3 Å². The zero-order chi connectivity index (χ0) is 14.2. The minimum absolute atomic E-state index is 0.130. The summed E-state index contributed by atoms with van der Waals surface area (Å²) in [5.41, 5.74) is 5.50. The van der Waals surface area contributed by atoms with Gasteiger partial charge in [0.05, 0.1) is 15.4 Å². The van der Waals surface area contributed by atoms with E-state index < -0.39 is 16.1 Å². The van der Waals surface area contributed by atoms with Gasteiger partial charge >= 0.3 is 0 Å². The lowest BCUT2D eigenvalue weighted by Crippen LogP contribution is -2.49. The van der Waals surface area contributed by atoms with Crippen molar-refractivity contribution in [1.82, 2.24) is 4.31 Å². The number of rotatable bonds is 3. The molecule has 2 rings (SSSR count).